The minimum atomic E-state index is -0.423. The van der Waals surface area contributed by atoms with Gasteiger partial charge in [0.1, 0.15) is 5.52 Å². The maximum absolute atomic E-state index is 14.2. The van der Waals surface area contributed by atoms with Crippen LogP contribution in [-0.2, 0) is 0 Å². The van der Waals surface area contributed by atoms with Crippen molar-refractivity contribution in [2.75, 3.05) is 0 Å². The lowest BCUT2D eigenvalue weighted by atomic mass is 10.1. The monoisotopic (exact) mass is 324 g/mol. The van der Waals surface area contributed by atoms with Crippen LogP contribution >= 0.6 is 23.2 Å². The number of nitrogens with zero attached hydrogens (tertiary/aromatic N) is 4. The Labute approximate surface area is 130 Å². The number of hydrogen-bond acceptors (Lipinski definition) is 3. The van der Waals surface area contributed by atoms with E-state index in [9.17, 15) is 4.39 Å². The third kappa shape index (κ3) is 2.47. The highest BCUT2D eigenvalue weighted by Gasteiger charge is 2.15. The van der Waals surface area contributed by atoms with Crippen LogP contribution in [0.4, 0.5) is 4.39 Å². The Morgan fingerprint density at radius 1 is 1.19 bits per heavy atom. The topological polar surface area (TPSA) is 43.6 Å². The van der Waals surface area contributed by atoms with Gasteiger partial charge in [-0.3, -0.25) is 0 Å². The SMILES string of the molecule is CC(C)n1cnc2c(F)cc(-c3nc(Cl)ncc3Cl)cc21. The molecule has 108 valence electrons. The van der Waals surface area contributed by atoms with Crippen molar-refractivity contribution in [3.8, 4) is 11.3 Å². The zero-order valence-electron chi connectivity index (χ0n) is 11.3. The average Bonchev–Trinajstić information content (AvgIpc) is 2.86. The molecule has 21 heavy (non-hydrogen) atoms. The summed E-state index contributed by atoms with van der Waals surface area (Å²) in [6.45, 7) is 4.00. The van der Waals surface area contributed by atoms with Gasteiger partial charge in [-0.15, -0.1) is 0 Å². The number of aromatic nitrogens is 4. The predicted molar refractivity (Wildman–Crippen MR) is 81.1 cm³/mol. The molecule has 1 aromatic carbocycles. The van der Waals surface area contributed by atoms with Gasteiger partial charge in [0, 0.05) is 11.6 Å². The summed E-state index contributed by atoms with van der Waals surface area (Å²) in [5.74, 6) is -0.423. The smallest absolute Gasteiger partial charge is 0.222 e. The number of imidazole rings is 1. The van der Waals surface area contributed by atoms with Gasteiger partial charge < -0.3 is 4.57 Å². The van der Waals surface area contributed by atoms with E-state index in [4.69, 9.17) is 23.2 Å². The van der Waals surface area contributed by atoms with E-state index < -0.39 is 5.82 Å². The van der Waals surface area contributed by atoms with E-state index in [1.807, 2.05) is 18.4 Å². The van der Waals surface area contributed by atoms with Gasteiger partial charge in [-0.1, -0.05) is 11.6 Å². The van der Waals surface area contributed by atoms with Crippen molar-refractivity contribution in [1.29, 1.82) is 0 Å². The molecule has 3 aromatic rings. The summed E-state index contributed by atoms with van der Waals surface area (Å²) in [7, 11) is 0. The molecular weight excluding hydrogens is 314 g/mol. The van der Waals surface area contributed by atoms with Crippen molar-refractivity contribution >= 4 is 34.2 Å². The molecule has 0 bridgehead atoms. The first-order valence-electron chi connectivity index (χ1n) is 6.32. The summed E-state index contributed by atoms with van der Waals surface area (Å²) >= 11 is 11.9. The third-order valence-corrected chi connectivity index (χ3v) is 3.64. The number of rotatable bonds is 2. The molecular formula is C14H11Cl2FN4. The Balaban J connectivity index is 2.28. The molecule has 0 radical (unpaired) electrons. The van der Waals surface area contributed by atoms with Gasteiger partial charge in [0.25, 0.3) is 0 Å². The summed E-state index contributed by atoms with van der Waals surface area (Å²) in [5, 5.41) is 0.376. The second-order valence-corrected chi connectivity index (χ2v) is 5.65. The lowest BCUT2D eigenvalue weighted by Crippen LogP contribution is -1.99. The van der Waals surface area contributed by atoms with Crippen molar-refractivity contribution in [3.05, 3.63) is 40.8 Å². The number of hydrogen-bond donors (Lipinski definition) is 0. The quantitative estimate of drug-likeness (QED) is 0.651. The van der Waals surface area contributed by atoms with Crippen molar-refractivity contribution in [2.24, 2.45) is 0 Å². The van der Waals surface area contributed by atoms with Crippen LogP contribution in [0.5, 0.6) is 0 Å². The second kappa shape index (κ2) is 5.24. The molecule has 0 aliphatic rings. The molecule has 0 amide bonds. The van der Waals surface area contributed by atoms with E-state index in [2.05, 4.69) is 15.0 Å². The molecule has 2 heterocycles. The Morgan fingerprint density at radius 3 is 2.67 bits per heavy atom. The van der Waals surface area contributed by atoms with Gasteiger partial charge in [0.15, 0.2) is 5.82 Å². The molecule has 0 fully saturated rings. The summed E-state index contributed by atoms with van der Waals surface area (Å²) in [5.41, 5.74) is 1.94. The van der Waals surface area contributed by atoms with Crippen LogP contribution in [0.3, 0.4) is 0 Å². The molecule has 0 aliphatic heterocycles. The summed E-state index contributed by atoms with van der Waals surface area (Å²) in [6.07, 6.45) is 3.02. The lowest BCUT2D eigenvalue weighted by Gasteiger charge is -2.10. The average molecular weight is 325 g/mol. The van der Waals surface area contributed by atoms with Crippen molar-refractivity contribution in [1.82, 2.24) is 19.5 Å². The summed E-state index contributed by atoms with van der Waals surface area (Å²) in [6, 6.07) is 3.31. The molecule has 0 N–H and O–H groups in total. The zero-order chi connectivity index (χ0) is 15.1. The van der Waals surface area contributed by atoms with Crippen LogP contribution in [0.1, 0.15) is 19.9 Å². The van der Waals surface area contributed by atoms with E-state index in [1.165, 1.54) is 12.3 Å². The molecule has 2 aromatic heterocycles. The second-order valence-electron chi connectivity index (χ2n) is 4.91. The van der Waals surface area contributed by atoms with Crippen LogP contribution in [-0.4, -0.2) is 19.5 Å². The van der Waals surface area contributed by atoms with Gasteiger partial charge in [-0.25, -0.2) is 19.3 Å². The van der Waals surface area contributed by atoms with Gasteiger partial charge in [-0.05, 0) is 37.6 Å². The maximum atomic E-state index is 14.2. The summed E-state index contributed by atoms with van der Waals surface area (Å²) in [4.78, 5) is 12.0. The predicted octanol–water partition coefficient (Wildman–Crippen LogP) is 4.52. The van der Waals surface area contributed by atoms with Crippen LogP contribution in [0.15, 0.2) is 24.7 Å². The highest BCUT2D eigenvalue weighted by molar-refractivity contribution is 6.33. The Kier molecular flexibility index (Phi) is 3.55. The molecule has 0 atom stereocenters. The van der Waals surface area contributed by atoms with Gasteiger partial charge >= 0.3 is 0 Å². The van der Waals surface area contributed by atoms with E-state index in [0.29, 0.717) is 27.3 Å². The van der Waals surface area contributed by atoms with E-state index >= 15 is 0 Å². The Bertz CT molecular complexity index is 829. The number of benzene rings is 1. The fourth-order valence-corrected chi connectivity index (χ4v) is 2.52. The molecule has 0 spiro atoms. The van der Waals surface area contributed by atoms with Crippen molar-refractivity contribution in [3.63, 3.8) is 0 Å². The molecule has 4 nitrogen and oxygen atoms in total. The first-order chi connectivity index (χ1) is 9.97. The van der Waals surface area contributed by atoms with Crippen LogP contribution in [0.25, 0.3) is 22.3 Å². The Hall–Kier alpha value is -1.72. The molecule has 7 heteroatoms. The van der Waals surface area contributed by atoms with Gasteiger partial charge in [-0.2, -0.15) is 0 Å². The zero-order valence-corrected chi connectivity index (χ0v) is 12.8. The minimum absolute atomic E-state index is 0.0623. The van der Waals surface area contributed by atoms with Crippen molar-refractivity contribution < 1.29 is 4.39 Å². The maximum Gasteiger partial charge on any atom is 0.222 e. The number of fused-ring (bicyclic) bond motifs is 1. The summed E-state index contributed by atoms with van der Waals surface area (Å²) < 4.78 is 16.1. The van der Waals surface area contributed by atoms with Crippen LogP contribution < -0.4 is 0 Å². The van der Waals surface area contributed by atoms with Gasteiger partial charge in [0.05, 0.1) is 28.8 Å². The highest BCUT2D eigenvalue weighted by Crippen LogP contribution is 2.31. The standard InChI is InChI=1S/C14H11Cl2FN4/c1-7(2)21-6-19-13-10(17)3-8(4-11(13)21)12-9(15)5-18-14(16)20-12/h3-7H,1-2H3. The normalized spacial score (nSPS) is 11.5. The lowest BCUT2D eigenvalue weighted by molar-refractivity contribution is 0.617. The molecule has 3 rings (SSSR count). The highest BCUT2D eigenvalue weighted by atomic mass is 35.5. The fraction of sp³-hybridized carbons (Fsp3) is 0.214. The van der Waals surface area contributed by atoms with E-state index in [1.54, 1.807) is 12.4 Å². The first kappa shape index (κ1) is 14.2. The third-order valence-electron chi connectivity index (χ3n) is 3.18. The molecule has 0 saturated carbocycles. The van der Waals surface area contributed by atoms with E-state index in [-0.39, 0.29) is 11.3 Å². The van der Waals surface area contributed by atoms with Crippen LogP contribution in [0, 0.1) is 5.82 Å². The van der Waals surface area contributed by atoms with Crippen LogP contribution in [0.2, 0.25) is 10.3 Å². The first-order valence-corrected chi connectivity index (χ1v) is 7.07. The number of halogens is 3. The fourth-order valence-electron chi connectivity index (χ4n) is 2.19. The minimum Gasteiger partial charge on any atom is -0.328 e. The molecule has 0 saturated heterocycles. The largest absolute Gasteiger partial charge is 0.328 e. The molecule has 0 unspecified atom stereocenters. The van der Waals surface area contributed by atoms with E-state index in [0.717, 1.165) is 0 Å². The van der Waals surface area contributed by atoms with Gasteiger partial charge in [0.2, 0.25) is 5.28 Å². The molecule has 0 aliphatic carbocycles. The van der Waals surface area contributed by atoms with Crippen molar-refractivity contribution in [2.45, 2.75) is 19.9 Å². The Morgan fingerprint density at radius 2 is 1.95 bits per heavy atom.